The monoisotopic (exact) mass is 466 g/mol. The zero-order valence-corrected chi connectivity index (χ0v) is 20.3. The Morgan fingerprint density at radius 2 is 1.53 bits per heavy atom. The fourth-order valence-corrected chi connectivity index (χ4v) is 4.50. The molecular weight excluding hydrogens is 432 g/mol. The molecule has 0 saturated carbocycles. The number of carboxylic acids is 1. The number of ether oxygens (including phenoxy) is 1. The normalized spacial score (nSPS) is 14.5. The number of carbonyl (C=O) groups excluding carboxylic acids is 2. The number of carboxylic acid groups (broad SMARTS) is 1. The van der Waals surface area contributed by atoms with Crippen LogP contribution in [0.2, 0.25) is 0 Å². The third kappa shape index (κ3) is 5.95. The zero-order chi connectivity index (χ0) is 24.9. The summed E-state index contributed by atoms with van der Waals surface area (Å²) < 4.78 is 5.61. The van der Waals surface area contributed by atoms with E-state index in [9.17, 15) is 14.4 Å². The van der Waals surface area contributed by atoms with Crippen LogP contribution in [-0.2, 0) is 14.3 Å². The van der Waals surface area contributed by atoms with E-state index < -0.39 is 35.5 Å². The molecule has 0 spiro atoms. The van der Waals surface area contributed by atoms with Crippen LogP contribution in [0.3, 0.4) is 0 Å². The number of hydrogen-bond donors (Lipinski definition) is 3. The number of aliphatic carboxylic acids is 1. The lowest BCUT2D eigenvalue weighted by Crippen LogP contribution is -2.55. The van der Waals surface area contributed by atoms with Crippen molar-refractivity contribution in [3.8, 4) is 11.1 Å². The largest absolute Gasteiger partial charge is 0.481 e. The minimum Gasteiger partial charge on any atom is -0.481 e. The molecule has 0 heterocycles. The summed E-state index contributed by atoms with van der Waals surface area (Å²) in [7, 11) is 0. The summed E-state index contributed by atoms with van der Waals surface area (Å²) in [4.78, 5) is 36.9. The molecule has 0 aromatic heterocycles. The molecule has 1 unspecified atom stereocenters. The highest BCUT2D eigenvalue weighted by molar-refractivity contribution is 5.87. The first-order valence-electron chi connectivity index (χ1n) is 11.8. The molecule has 2 amide bonds. The number of rotatable bonds is 9. The molecule has 0 bridgehead atoms. The van der Waals surface area contributed by atoms with Crippen LogP contribution >= 0.6 is 0 Å². The summed E-state index contributed by atoms with van der Waals surface area (Å²) in [5.41, 5.74) is 3.89. The van der Waals surface area contributed by atoms with Crippen LogP contribution in [0.5, 0.6) is 0 Å². The van der Waals surface area contributed by atoms with Crippen LogP contribution in [-0.4, -0.2) is 41.8 Å². The van der Waals surface area contributed by atoms with Gasteiger partial charge in [0.15, 0.2) is 0 Å². The van der Waals surface area contributed by atoms with Crippen molar-refractivity contribution in [1.82, 2.24) is 10.6 Å². The molecule has 2 aromatic rings. The molecule has 7 nitrogen and oxygen atoms in total. The molecule has 0 aliphatic heterocycles. The lowest BCUT2D eigenvalue weighted by molar-refractivity contribution is -0.138. The second-order valence-corrected chi connectivity index (χ2v) is 9.86. The molecule has 1 aliphatic rings. The van der Waals surface area contributed by atoms with Gasteiger partial charge in [-0.15, -0.1) is 0 Å². The van der Waals surface area contributed by atoms with Gasteiger partial charge in [0, 0.05) is 12.0 Å². The molecule has 182 valence electrons. The molecule has 3 rings (SSSR count). The van der Waals surface area contributed by atoms with Gasteiger partial charge >= 0.3 is 12.1 Å². The van der Waals surface area contributed by atoms with E-state index in [1.54, 1.807) is 0 Å². The summed E-state index contributed by atoms with van der Waals surface area (Å²) in [6, 6.07) is 14.8. The maximum absolute atomic E-state index is 13.0. The summed E-state index contributed by atoms with van der Waals surface area (Å²) in [5, 5.41) is 14.6. The third-order valence-electron chi connectivity index (χ3n) is 6.14. The Labute approximate surface area is 200 Å². The van der Waals surface area contributed by atoms with E-state index in [4.69, 9.17) is 9.84 Å². The Balaban J connectivity index is 1.68. The van der Waals surface area contributed by atoms with Gasteiger partial charge in [-0.1, -0.05) is 82.6 Å². The fraction of sp³-hybridized carbons (Fsp3) is 0.444. The standard InChI is InChI=1S/C27H34N2O5/c1-5-10-17(15-23(30)31)28-25(32)24(27(2,3)4)29-26(33)34-16-22-20-13-8-6-11-18(20)19-12-7-9-14-21(19)22/h6-9,11-14,17,22,24H,5,10,15-16H2,1-4H3,(H,28,32)(H,29,33)(H,30,31)/t17-,24?/m1/s1. The molecule has 0 fully saturated rings. The first-order chi connectivity index (χ1) is 16.1. The van der Waals surface area contributed by atoms with Gasteiger partial charge in [0.2, 0.25) is 5.91 Å². The average Bonchev–Trinajstić information content (AvgIpc) is 3.08. The van der Waals surface area contributed by atoms with Gasteiger partial charge in [-0.3, -0.25) is 9.59 Å². The molecule has 0 radical (unpaired) electrons. The Hall–Kier alpha value is -3.35. The Morgan fingerprint density at radius 3 is 2.03 bits per heavy atom. The van der Waals surface area contributed by atoms with E-state index >= 15 is 0 Å². The van der Waals surface area contributed by atoms with E-state index in [-0.39, 0.29) is 18.9 Å². The number of amides is 2. The molecular formula is C27H34N2O5. The maximum atomic E-state index is 13.0. The van der Waals surface area contributed by atoms with E-state index in [0.717, 1.165) is 28.7 Å². The minimum absolute atomic E-state index is 0.0791. The number of benzene rings is 2. The first-order valence-corrected chi connectivity index (χ1v) is 11.8. The van der Waals surface area contributed by atoms with Gasteiger partial charge in [0.25, 0.3) is 0 Å². The van der Waals surface area contributed by atoms with Crippen molar-refractivity contribution in [3.05, 3.63) is 59.7 Å². The molecule has 0 saturated heterocycles. The van der Waals surface area contributed by atoms with Crippen molar-refractivity contribution in [3.63, 3.8) is 0 Å². The molecule has 2 atom stereocenters. The molecule has 7 heteroatoms. The highest BCUT2D eigenvalue weighted by Gasteiger charge is 2.35. The molecule has 34 heavy (non-hydrogen) atoms. The van der Waals surface area contributed by atoms with Crippen LogP contribution in [0.4, 0.5) is 4.79 Å². The summed E-state index contributed by atoms with van der Waals surface area (Å²) in [6.45, 7) is 7.60. The summed E-state index contributed by atoms with van der Waals surface area (Å²) in [5.74, 6) is -1.47. The van der Waals surface area contributed by atoms with Gasteiger partial charge in [-0.2, -0.15) is 0 Å². The lowest BCUT2D eigenvalue weighted by atomic mass is 9.86. The SMILES string of the molecule is CCC[C@H](CC(=O)O)NC(=O)C(NC(=O)OCC1c2ccccc2-c2ccccc21)C(C)(C)C. The number of nitrogens with one attached hydrogen (secondary N) is 2. The molecule has 2 aromatic carbocycles. The maximum Gasteiger partial charge on any atom is 0.407 e. The first kappa shape index (κ1) is 25.3. The van der Waals surface area contributed by atoms with Crippen LogP contribution in [0.1, 0.15) is 64.0 Å². The summed E-state index contributed by atoms with van der Waals surface area (Å²) in [6.07, 6.45) is 0.432. The van der Waals surface area contributed by atoms with Gasteiger partial charge in [0.05, 0.1) is 6.42 Å². The van der Waals surface area contributed by atoms with Crippen LogP contribution in [0.15, 0.2) is 48.5 Å². The summed E-state index contributed by atoms with van der Waals surface area (Å²) >= 11 is 0. The number of alkyl carbamates (subject to hydrolysis) is 1. The third-order valence-corrected chi connectivity index (χ3v) is 6.14. The minimum atomic E-state index is -0.976. The Kier molecular flexibility index (Phi) is 7.97. The van der Waals surface area contributed by atoms with Gasteiger partial charge in [0.1, 0.15) is 12.6 Å². The van der Waals surface area contributed by atoms with E-state index in [1.807, 2.05) is 64.1 Å². The van der Waals surface area contributed by atoms with Crippen molar-refractivity contribution in [2.75, 3.05) is 6.61 Å². The molecule has 3 N–H and O–H groups in total. The van der Waals surface area contributed by atoms with Crippen molar-refractivity contribution in [1.29, 1.82) is 0 Å². The zero-order valence-electron chi connectivity index (χ0n) is 20.3. The van der Waals surface area contributed by atoms with Crippen LogP contribution in [0.25, 0.3) is 11.1 Å². The van der Waals surface area contributed by atoms with E-state index in [2.05, 4.69) is 22.8 Å². The van der Waals surface area contributed by atoms with Gasteiger partial charge in [-0.25, -0.2) is 4.79 Å². The number of carbonyl (C=O) groups is 3. The smallest absolute Gasteiger partial charge is 0.407 e. The van der Waals surface area contributed by atoms with Crippen molar-refractivity contribution in [2.24, 2.45) is 5.41 Å². The lowest BCUT2D eigenvalue weighted by Gasteiger charge is -2.31. The highest BCUT2D eigenvalue weighted by atomic mass is 16.5. The van der Waals surface area contributed by atoms with Gasteiger partial charge < -0.3 is 20.5 Å². The number of fused-ring (bicyclic) bond motifs is 3. The predicted octanol–water partition coefficient (Wildman–Crippen LogP) is 4.70. The number of hydrogen-bond acceptors (Lipinski definition) is 4. The van der Waals surface area contributed by atoms with Crippen molar-refractivity contribution < 1.29 is 24.2 Å². The Morgan fingerprint density at radius 1 is 0.971 bits per heavy atom. The van der Waals surface area contributed by atoms with E-state index in [1.165, 1.54) is 0 Å². The molecule has 1 aliphatic carbocycles. The topological polar surface area (TPSA) is 105 Å². The highest BCUT2D eigenvalue weighted by Crippen LogP contribution is 2.44. The van der Waals surface area contributed by atoms with Crippen LogP contribution < -0.4 is 10.6 Å². The second-order valence-electron chi connectivity index (χ2n) is 9.86. The average molecular weight is 467 g/mol. The quantitative estimate of drug-likeness (QED) is 0.497. The second kappa shape index (κ2) is 10.7. The predicted molar refractivity (Wildman–Crippen MR) is 131 cm³/mol. The van der Waals surface area contributed by atoms with Gasteiger partial charge in [-0.05, 0) is 34.1 Å². The fourth-order valence-electron chi connectivity index (χ4n) is 4.50. The van der Waals surface area contributed by atoms with Crippen molar-refractivity contribution in [2.45, 2.75) is 65.0 Å². The van der Waals surface area contributed by atoms with Crippen LogP contribution in [0, 0.1) is 5.41 Å². The Bertz CT molecular complexity index is 998. The van der Waals surface area contributed by atoms with E-state index in [0.29, 0.717) is 6.42 Å². The van der Waals surface area contributed by atoms with Crippen molar-refractivity contribution >= 4 is 18.0 Å².